The van der Waals surface area contributed by atoms with Crippen LogP contribution in [0.5, 0.6) is 0 Å². The van der Waals surface area contributed by atoms with Crippen molar-refractivity contribution in [3.8, 4) is 0 Å². The molecule has 0 radical (unpaired) electrons. The van der Waals surface area contributed by atoms with Gasteiger partial charge in [0.05, 0.1) is 6.04 Å². The normalized spacial score (nSPS) is 10.9. The number of nitrogens with zero attached hydrogens (tertiary/aromatic N) is 4. The van der Waals surface area contributed by atoms with Crippen LogP contribution >= 0.6 is 0 Å². The molecule has 2 rings (SSSR count). The van der Waals surface area contributed by atoms with Crippen LogP contribution in [0.1, 0.15) is 51.7 Å². The minimum absolute atomic E-state index is 0.107. The fourth-order valence-corrected chi connectivity index (χ4v) is 2.50. The molecule has 1 aromatic heterocycles. The lowest BCUT2D eigenvalue weighted by atomic mass is 10.0. The fraction of sp³-hybridized carbons (Fsp3) is 0.500. The van der Waals surface area contributed by atoms with Crippen molar-refractivity contribution in [2.45, 2.75) is 59.4 Å². The highest BCUT2D eigenvalue weighted by Crippen LogP contribution is 2.23. The van der Waals surface area contributed by atoms with Crippen molar-refractivity contribution in [3.63, 3.8) is 0 Å². The molecule has 0 bridgehead atoms. The van der Waals surface area contributed by atoms with E-state index in [-0.39, 0.29) is 12.0 Å². The lowest BCUT2D eigenvalue weighted by molar-refractivity contribution is 0.222. The van der Waals surface area contributed by atoms with Crippen molar-refractivity contribution in [3.05, 3.63) is 35.7 Å². The largest absolute Gasteiger partial charge is 0.324 e. The first-order valence-corrected chi connectivity index (χ1v) is 8.61. The minimum atomic E-state index is -0.107. The van der Waals surface area contributed by atoms with Gasteiger partial charge in [-0.05, 0) is 43.9 Å². The van der Waals surface area contributed by atoms with Crippen LogP contribution in [0.25, 0.3) is 0 Å². The topological polar surface area (TPSA) is 74.2 Å². The number of hydrogen-bond donors (Lipinski definition) is 2. The van der Waals surface area contributed by atoms with Crippen molar-refractivity contribution in [2.75, 3.05) is 10.4 Å². The molecule has 0 aliphatic heterocycles. The highest BCUT2D eigenvalue weighted by atomic mass is 16.5. The van der Waals surface area contributed by atoms with Gasteiger partial charge in [-0.15, -0.1) is 0 Å². The maximum absolute atomic E-state index is 9.98. The first-order valence-electron chi connectivity index (χ1n) is 8.61. The van der Waals surface area contributed by atoms with E-state index >= 15 is 0 Å². The lowest BCUT2D eigenvalue weighted by Crippen LogP contribution is -2.28. The van der Waals surface area contributed by atoms with Crippen LogP contribution in [0.3, 0.4) is 0 Å². The van der Waals surface area contributed by atoms with Crippen molar-refractivity contribution in [2.24, 2.45) is 0 Å². The summed E-state index contributed by atoms with van der Waals surface area (Å²) in [6, 6.07) is 6.37. The zero-order valence-electron chi connectivity index (χ0n) is 15.0. The van der Waals surface area contributed by atoms with Gasteiger partial charge < -0.3 is 5.32 Å². The van der Waals surface area contributed by atoms with Crippen LogP contribution < -0.4 is 10.4 Å². The van der Waals surface area contributed by atoms with Gasteiger partial charge >= 0.3 is 0 Å². The molecule has 0 saturated heterocycles. The van der Waals surface area contributed by atoms with Crippen LogP contribution in [0.15, 0.2) is 24.5 Å². The summed E-state index contributed by atoms with van der Waals surface area (Å²) in [7, 11) is 0. The predicted molar refractivity (Wildman–Crippen MR) is 96.9 cm³/mol. The standard InChI is InChI=1S/C18H27N5O/c1-5-7-14-9-10-16(15(11-14)8-6-2)21-17-19-12-20-18(22-17)23(24)13(3)4/h9-13,24H,5-8H2,1-4H3,(H,19,20,21,22). The molecule has 6 heteroatoms. The van der Waals surface area contributed by atoms with E-state index < -0.39 is 0 Å². The summed E-state index contributed by atoms with van der Waals surface area (Å²) in [5, 5.41) is 14.3. The highest BCUT2D eigenvalue weighted by Gasteiger charge is 2.12. The summed E-state index contributed by atoms with van der Waals surface area (Å²) in [6.45, 7) is 8.09. The van der Waals surface area contributed by atoms with E-state index in [1.807, 2.05) is 13.8 Å². The summed E-state index contributed by atoms with van der Waals surface area (Å²) in [4.78, 5) is 12.5. The van der Waals surface area contributed by atoms with Gasteiger partial charge in [0.25, 0.3) is 5.95 Å². The summed E-state index contributed by atoms with van der Waals surface area (Å²) in [5.74, 6) is 0.669. The Morgan fingerprint density at radius 2 is 1.88 bits per heavy atom. The van der Waals surface area contributed by atoms with E-state index in [1.165, 1.54) is 17.5 Å². The Kier molecular flexibility index (Phi) is 6.49. The third kappa shape index (κ3) is 4.64. The molecule has 0 aliphatic rings. The molecule has 1 aromatic carbocycles. The molecule has 2 aromatic rings. The van der Waals surface area contributed by atoms with Crippen LogP contribution in [-0.2, 0) is 12.8 Å². The molecule has 0 fully saturated rings. The van der Waals surface area contributed by atoms with Gasteiger partial charge in [0.15, 0.2) is 0 Å². The van der Waals surface area contributed by atoms with Gasteiger partial charge in [-0.2, -0.15) is 9.97 Å². The number of benzene rings is 1. The summed E-state index contributed by atoms with van der Waals surface area (Å²) >= 11 is 0. The molecule has 0 saturated carbocycles. The number of anilines is 3. The maximum Gasteiger partial charge on any atom is 0.254 e. The van der Waals surface area contributed by atoms with Gasteiger partial charge in [-0.3, -0.25) is 5.21 Å². The molecule has 1 heterocycles. The van der Waals surface area contributed by atoms with Gasteiger partial charge in [0.2, 0.25) is 5.95 Å². The monoisotopic (exact) mass is 329 g/mol. The molecule has 0 unspecified atom stereocenters. The quantitative estimate of drug-likeness (QED) is 0.710. The summed E-state index contributed by atoms with van der Waals surface area (Å²) in [5.41, 5.74) is 3.61. The molecule has 2 N–H and O–H groups in total. The van der Waals surface area contributed by atoms with E-state index in [9.17, 15) is 5.21 Å². The molecule has 0 spiro atoms. The van der Waals surface area contributed by atoms with Crippen molar-refractivity contribution in [1.82, 2.24) is 15.0 Å². The Balaban J connectivity index is 2.25. The van der Waals surface area contributed by atoms with Gasteiger partial charge in [-0.25, -0.2) is 10.0 Å². The predicted octanol–water partition coefficient (Wildman–Crippen LogP) is 4.12. The van der Waals surface area contributed by atoms with Crippen molar-refractivity contribution in [1.29, 1.82) is 0 Å². The number of aromatic nitrogens is 3. The van der Waals surface area contributed by atoms with Crippen molar-refractivity contribution < 1.29 is 5.21 Å². The third-order valence-corrected chi connectivity index (χ3v) is 3.73. The van der Waals surface area contributed by atoms with Gasteiger partial charge in [-0.1, -0.05) is 38.8 Å². The molecule has 24 heavy (non-hydrogen) atoms. The molecule has 0 amide bonds. The van der Waals surface area contributed by atoms with Crippen LogP contribution in [0.2, 0.25) is 0 Å². The maximum atomic E-state index is 9.98. The van der Waals surface area contributed by atoms with Crippen LogP contribution in [-0.4, -0.2) is 26.2 Å². The fourth-order valence-electron chi connectivity index (χ4n) is 2.50. The second-order valence-electron chi connectivity index (χ2n) is 6.16. The van der Waals surface area contributed by atoms with Crippen molar-refractivity contribution >= 4 is 17.6 Å². The van der Waals surface area contributed by atoms with Crippen LogP contribution in [0, 0.1) is 0 Å². The average molecular weight is 329 g/mol. The second-order valence-corrected chi connectivity index (χ2v) is 6.16. The highest BCUT2D eigenvalue weighted by molar-refractivity contribution is 5.60. The first kappa shape index (κ1) is 18.1. The van der Waals surface area contributed by atoms with Crippen LogP contribution in [0.4, 0.5) is 17.6 Å². The van der Waals surface area contributed by atoms with Gasteiger partial charge in [0.1, 0.15) is 6.33 Å². The zero-order valence-corrected chi connectivity index (χ0v) is 15.0. The van der Waals surface area contributed by atoms with E-state index in [0.717, 1.165) is 36.4 Å². The number of aryl methyl sites for hydroxylation is 2. The summed E-state index contributed by atoms with van der Waals surface area (Å²) in [6.07, 6.45) is 5.69. The molecular formula is C18H27N5O. The zero-order chi connectivity index (χ0) is 17.5. The number of nitrogens with one attached hydrogen (secondary N) is 1. The van der Waals surface area contributed by atoms with E-state index in [4.69, 9.17) is 0 Å². The number of hydroxylamine groups is 1. The molecular weight excluding hydrogens is 302 g/mol. The first-order chi connectivity index (χ1) is 11.5. The minimum Gasteiger partial charge on any atom is -0.324 e. The second kappa shape index (κ2) is 8.59. The Morgan fingerprint density at radius 3 is 2.54 bits per heavy atom. The van der Waals surface area contributed by atoms with E-state index in [2.05, 4.69) is 52.3 Å². The SMILES string of the molecule is CCCc1ccc(Nc2ncnc(N(O)C(C)C)n2)c(CCC)c1. The molecule has 0 aliphatic carbocycles. The molecule has 130 valence electrons. The average Bonchev–Trinajstić information content (AvgIpc) is 2.57. The Labute approximate surface area is 143 Å². The summed E-state index contributed by atoms with van der Waals surface area (Å²) < 4.78 is 0. The third-order valence-electron chi connectivity index (χ3n) is 3.73. The van der Waals surface area contributed by atoms with E-state index in [1.54, 1.807) is 0 Å². The number of hydrogen-bond acceptors (Lipinski definition) is 6. The smallest absolute Gasteiger partial charge is 0.254 e. The van der Waals surface area contributed by atoms with Gasteiger partial charge in [0, 0.05) is 5.69 Å². The molecule has 0 atom stereocenters. The van der Waals surface area contributed by atoms with E-state index in [0.29, 0.717) is 5.95 Å². The lowest BCUT2D eigenvalue weighted by Gasteiger charge is -2.19. The Morgan fingerprint density at radius 1 is 1.12 bits per heavy atom. The Bertz CT molecular complexity index is 660. The molecule has 6 nitrogen and oxygen atoms in total. The Hall–Kier alpha value is -2.21. The number of rotatable bonds is 8.